The highest BCUT2D eigenvalue weighted by Gasteiger charge is 2.31. The van der Waals surface area contributed by atoms with E-state index in [1.807, 2.05) is 0 Å². The van der Waals surface area contributed by atoms with Crippen molar-refractivity contribution in [2.45, 2.75) is 18.5 Å². The third-order valence-corrected chi connectivity index (χ3v) is 2.93. The molecule has 1 fully saturated rings. The number of nitrogens with one attached hydrogen (secondary N) is 2. The number of piperidine rings is 1. The molecular formula is C12H16F2N2. The van der Waals surface area contributed by atoms with Gasteiger partial charge in [-0.25, -0.2) is 8.78 Å². The fourth-order valence-electron chi connectivity index (χ4n) is 1.91. The van der Waals surface area contributed by atoms with Gasteiger partial charge in [0, 0.05) is 12.2 Å². The smallest absolute Gasteiger partial charge is 0.130 e. The summed E-state index contributed by atoms with van der Waals surface area (Å²) >= 11 is 0. The quantitative estimate of drug-likeness (QED) is 0.826. The van der Waals surface area contributed by atoms with Crippen molar-refractivity contribution < 1.29 is 8.78 Å². The highest BCUT2D eigenvalue weighted by molar-refractivity contribution is 5.43. The minimum absolute atomic E-state index is 0.248. The van der Waals surface area contributed by atoms with Crippen molar-refractivity contribution in [3.63, 3.8) is 0 Å². The number of hydrogen-bond acceptors (Lipinski definition) is 2. The van der Waals surface area contributed by atoms with E-state index < -0.39 is 5.67 Å². The zero-order chi connectivity index (χ0) is 11.4. The van der Waals surface area contributed by atoms with E-state index >= 15 is 0 Å². The van der Waals surface area contributed by atoms with Gasteiger partial charge in [0.15, 0.2) is 0 Å². The van der Waals surface area contributed by atoms with Crippen molar-refractivity contribution in [1.82, 2.24) is 5.32 Å². The predicted octanol–water partition coefficient (Wildman–Crippen LogP) is 2.33. The molecule has 0 amide bonds. The summed E-state index contributed by atoms with van der Waals surface area (Å²) in [5.41, 5.74) is -0.534. The number of anilines is 1. The van der Waals surface area contributed by atoms with Crippen LogP contribution in [0.4, 0.5) is 14.5 Å². The normalized spacial score (nSPS) is 19.4. The van der Waals surface area contributed by atoms with E-state index in [-0.39, 0.29) is 12.4 Å². The molecule has 0 saturated carbocycles. The van der Waals surface area contributed by atoms with Crippen molar-refractivity contribution in [2.75, 3.05) is 25.0 Å². The Labute approximate surface area is 94.0 Å². The van der Waals surface area contributed by atoms with Gasteiger partial charge in [-0.05, 0) is 44.1 Å². The fraction of sp³-hybridized carbons (Fsp3) is 0.500. The second-order valence-electron chi connectivity index (χ2n) is 4.26. The highest BCUT2D eigenvalue weighted by Crippen LogP contribution is 2.23. The Hall–Kier alpha value is -1.16. The summed E-state index contributed by atoms with van der Waals surface area (Å²) in [4.78, 5) is 0. The van der Waals surface area contributed by atoms with E-state index in [1.165, 1.54) is 12.1 Å². The molecule has 0 unspecified atom stereocenters. The Balaban J connectivity index is 1.91. The summed E-state index contributed by atoms with van der Waals surface area (Å²) in [6, 6.07) is 6.11. The van der Waals surface area contributed by atoms with Crippen LogP contribution in [0.3, 0.4) is 0 Å². The van der Waals surface area contributed by atoms with Gasteiger partial charge in [0.25, 0.3) is 0 Å². The fourth-order valence-corrected chi connectivity index (χ4v) is 1.91. The number of halogens is 2. The van der Waals surface area contributed by atoms with E-state index in [0.717, 1.165) is 0 Å². The molecule has 2 rings (SSSR count). The number of benzene rings is 1. The Morgan fingerprint density at radius 2 is 2.06 bits per heavy atom. The molecule has 1 saturated heterocycles. The van der Waals surface area contributed by atoms with Gasteiger partial charge < -0.3 is 10.6 Å². The number of rotatable bonds is 3. The van der Waals surface area contributed by atoms with Crippen LogP contribution in [0.1, 0.15) is 12.8 Å². The lowest BCUT2D eigenvalue weighted by atomic mass is 9.94. The van der Waals surface area contributed by atoms with Gasteiger partial charge in [-0.1, -0.05) is 6.07 Å². The monoisotopic (exact) mass is 226 g/mol. The topological polar surface area (TPSA) is 24.1 Å². The first-order valence-corrected chi connectivity index (χ1v) is 5.57. The van der Waals surface area contributed by atoms with Crippen LogP contribution >= 0.6 is 0 Å². The standard InChI is InChI=1S/C12H16F2N2/c13-10-2-1-3-11(8-10)16-9-12(14)4-6-15-7-5-12/h1-3,8,15-16H,4-7,9H2. The molecule has 0 bridgehead atoms. The van der Waals surface area contributed by atoms with Crippen LogP contribution in [-0.4, -0.2) is 25.3 Å². The lowest BCUT2D eigenvalue weighted by Crippen LogP contribution is -2.43. The zero-order valence-electron chi connectivity index (χ0n) is 9.10. The molecule has 1 aromatic carbocycles. The average molecular weight is 226 g/mol. The minimum Gasteiger partial charge on any atom is -0.382 e. The summed E-state index contributed by atoms with van der Waals surface area (Å²) < 4.78 is 27.0. The molecule has 0 atom stereocenters. The maximum Gasteiger partial charge on any atom is 0.130 e. The van der Waals surface area contributed by atoms with Gasteiger partial charge in [0.05, 0.1) is 0 Å². The third kappa shape index (κ3) is 2.92. The SMILES string of the molecule is Fc1cccc(NCC2(F)CCNCC2)c1. The Kier molecular flexibility index (Phi) is 3.39. The number of hydrogen-bond donors (Lipinski definition) is 2. The molecule has 2 nitrogen and oxygen atoms in total. The summed E-state index contributed by atoms with van der Waals surface area (Å²) in [7, 11) is 0. The van der Waals surface area contributed by atoms with Crippen LogP contribution in [0.15, 0.2) is 24.3 Å². The largest absolute Gasteiger partial charge is 0.382 e. The molecule has 1 aromatic rings. The van der Waals surface area contributed by atoms with E-state index in [1.54, 1.807) is 12.1 Å². The molecule has 0 spiro atoms. The van der Waals surface area contributed by atoms with Gasteiger partial charge in [0.1, 0.15) is 11.5 Å². The summed E-state index contributed by atoms with van der Waals surface area (Å²) in [6.45, 7) is 1.67. The predicted molar refractivity (Wildman–Crippen MR) is 60.8 cm³/mol. The van der Waals surface area contributed by atoms with Gasteiger partial charge in [-0.2, -0.15) is 0 Å². The first kappa shape index (κ1) is 11.3. The molecule has 4 heteroatoms. The van der Waals surface area contributed by atoms with E-state index in [0.29, 0.717) is 31.6 Å². The molecule has 0 aromatic heterocycles. The lowest BCUT2D eigenvalue weighted by Gasteiger charge is -2.30. The number of alkyl halides is 1. The summed E-state index contributed by atoms with van der Waals surface area (Å²) in [5.74, 6) is -0.303. The first-order chi connectivity index (χ1) is 7.68. The van der Waals surface area contributed by atoms with Crippen molar-refractivity contribution >= 4 is 5.69 Å². The van der Waals surface area contributed by atoms with Crippen molar-refractivity contribution in [2.24, 2.45) is 0 Å². The van der Waals surface area contributed by atoms with Crippen LogP contribution in [0.25, 0.3) is 0 Å². The first-order valence-electron chi connectivity index (χ1n) is 5.57. The van der Waals surface area contributed by atoms with Crippen molar-refractivity contribution in [1.29, 1.82) is 0 Å². The summed E-state index contributed by atoms with van der Waals surface area (Å²) in [5, 5.41) is 6.07. The molecule has 0 radical (unpaired) electrons. The van der Waals surface area contributed by atoms with Crippen molar-refractivity contribution in [3.8, 4) is 0 Å². The molecule has 1 aliphatic heterocycles. The molecular weight excluding hydrogens is 210 g/mol. The van der Waals surface area contributed by atoms with Crippen LogP contribution in [-0.2, 0) is 0 Å². The molecule has 16 heavy (non-hydrogen) atoms. The van der Waals surface area contributed by atoms with Gasteiger partial charge in [-0.15, -0.1) is 0 Å². The van der Waals surface area contributed by atoms with Crippen LogP contribution in [0.5, 0.6) is 0 Å². The van der Waals surface area contributed by atoms with Gasteiger partial charge in [-0.3, -0.25) is 0 Å². The lowest BCUT2D eigenvalue weighted by molar-refractivity contribution is 0.131. The van der Waals surface area contributed by atoms with E-state index in [2.05, 4.69) is 10.6 Å². The maximum absolute atomic E-state index is 14.2. The van der Waals surface area contributed by atoms with Crippen molar-refractivity contribution in [3.05, 3.63) is 30.1 Å². The van der Waals surface area contributed by atoms with Gasteiger partial charge >= 0.3 is 0 Å². The molecule has 0 aliphatic carbocycles. The van der Waals surface area contributed by atoms with E-state index in [9.17, 15) is 8.78 Å². The second kappa shape index (κ2) is 4.78. The molecule has 2 N–H and O–H groups in total. The second-order valence-corrected chi connectivity index (χ2v) is 4.26. The Morgan fingerprint density at radius 3 is 2.75 bits per heavy atom. The highest BCUT2D eigenvalue weighted by atomic mass is 19.1. The molecule has 1 heterocycles. The van der Waals surface area contributed by atoms with Crippen LogP contribution < -0.4 is 10.6 Å². The Bertz CT molecular complexity index is 349. The average Bonchev–Trinajstić information content (AvgIpc) is 2.28. The van der Waals surface area contributed by atoms with Crippen LogP contribution in [0.2, 0.25) is 0 Å². The molecule has 1 aliphatic rings. The van der Waals surface area contributed by atoms with Gasteiger partial charge in [0.2, 0.25) is 0 Å². The maximum atomic E-state index is 14.2. The van der Waals surface area contributed by atoms with Crippen LogP contribution in [0, 0.1) is 5.82 Å². The third-order valence-electron chi connectivity index (χ3n) is 2.93. The van der Waals surface area contributed by atoms with E-state index in [4.69, 9.17) is 0 Å². The molecule has 88 valence electrons. The zero-order valence-corrected chi connectivity index (χ0v) is 9.10. The minimum atomic E-state index is -1.17. The summed E-state index contributed by atoms with van der Waals surface area (Å²) in [6.07, 6.45) is 1.02. The Morgan fingerprint density at radius 1 is 1.31 bits per heavy atom.